The second-order valence-electron chi connectivity index (χ2n) is 7.70. The molecule has 7 nitrogen and oxygen atoms in total. The fourth-order valence-electron chi connectivity index (χ4n) is 4.19. The van der Waals surface area contributed by atoms with Crippen LogP contribution in [0.3, 0.4) is 0 Å². The molecule has 0 aliphatic heterocycles. The molecule has 1 aliphatic rings. The molecule has 0 saturated heterocycles. The molecule has 8 heteroatoms. The summed E-state index contributed by atoms with van der Waals surface area (Å²) in [6.07, 6.45) is 6.73. The van der Waals surface area contributed by atoms with Crippen molar-refractivity contribution in [2.24, 2.45) is 7.05 Å². The monoisotopic (exact) mass is 421 g/mol. The molecule has 3 heterocycles. The first-order chi connectivity index (χ1) is 14.5. The highest BCUT2D eigenvalue weighted by Crippen LogP contribution is 2.34. The Morgan fingerprint density at radius 3 is 2.60 bits per heavy atom. The van der Waals surface area contributed by atoms with Crippen molar-refractivity contribution in [3.05, 3.63) is 64.3 Å². The molecule has 0 unspecified atom stereocenters. The van der Waals surface area contributed by atoms with Crippen LogP contribution >= 0.6 is 11.6 Å². The Hall–Kier alpha value is -3.03. The number of fused-ring (bicyclic) bond motifs is 1. The fraction of sp³-hybridized carbons (Fsp3) is 0.273. The van der Waals surface area contributed by atoms with E-state index in [9.17, 15) is 9.90 Å². The SMILES string of the molecule is Cn1cc(-c2nccc3c(=O)n([C@H]4CC[C@@H](O)C4)c(-c4ccc(Cl)cc4)nc23)cn1. The highest BCUT2D eigenvalue weighted by atomic mass is 35.5. The number of aromatic nitrogens is 5. The molecular weight excluding hydrogens is 402 g/mol. The minimum atomic E-state index is -0.404. The van der Waals surface area contributed by atoms with Gasteiger partial charge in [-0.15, -0.1) is 0 Å². The van der Waals surface area contributed by atoms with Crippen LogP contribution in [-0.2, 0) is 7.05 Å². The zero-order valence-corrected chi connectivity index (χ0v) is 17.1. The summed E-state index contributed by atoms with van der Waals surface area (Å²) in [7, 11) is 1.83. The first-order valence-electron chi connectivity index (χ1n) is 9.85. The number of benzene rings is 1. The second-order valence-corrected chi connectivity index (χ2v) is 8.13. The van der Waals surface area contributed by atoms with Crippen molar-refractivity contribution in [3.63, 3.8) is 0 Å². The van der Waals surface area contributed by atoms with Crippen molar-refractivity contribution in [1.82, 2.24) is 24.3 Å². The lowest BCUT2D eigenvalue weighted by Crippen LogP contribution is -2.27. The van der Waals surface area contributed by atoms with Gasteiger partial charge in [0, 0.05) is 41.6 Å². The Balaban J connectivity index is 1.81. The molecule has 1 fully saturated rings. The molecular formula is C22H20ClN5O2. The van der Waals surface area contributed by atoms with Gasteiger partial charge in [-0.05, 0) is 49.6 Å². The minimum absolute atomic E-state index is 0.106. The van der Waals surface area contributed by atoms with Gasteiger partial charge in [0.2, 0.25) is 0 Å². The maximum absolute atomic E-state index is 13.6. The van der Waals surface area contributed by atoms with Crippen LogP contribution in [0.1, 0.15) is 25.3 Å². The summed E-state index contributed by atoms with van der Waals surface area (Å²) in [6, 6.07) is 8.89. The normalized spacial score (nSPS) is 18.9. The average molecular weight is 422 g/mol. The molecule has 0 amide bonds. The molecule has 3 aromatic heterocycles. The van der Waals surface area contributed by atoms with Crippen molar-refractivity contribution in [2.45, 2.75) is 31.4 Å². The molecule has 5 rings (SSSR count). The topological polar surface area (TPSA) is 85.8 Å². The van der Waals surface area contributed by atoms with Gasteiger partial charge in [-0.3, -0.25) is 19.0 Å². The van der Waals surface area contributed by atoms with Gasteiger partial charge in [0.25, 0.3) is 5.56 Å². The summed E-state index contributed by atoms with van der Waals surface area (Å²) in [5.74, 6) is 0.557. The van der Waals surface area contributed by atoms with E-state index in [4.69, 9.17) is 16.6 Å². The van der Waals surface area contributed by atoms with Gasteiger partial charge in [0.05, 0.1) is 23.4 Å². The molecule has 0 bridgehead atoms. The Kier molecular flexibility index (Phi) is 4.64. The maximum atomic E-state index is 13.6. The van der Waals surface area contributed by atoms with E-state index in [-0.39, 0.29) is 11.6 Å². The lowest BCUT2D eigenvalue weighted by molar-refractivity contribution is 0.178. The highest BCUT2D eigenvalue weighted by molar-refractivity contribution is 6.30. The molecule has 2 atom stereocenters. The standard InChI is InChI=1S/C22H20ClN5O2/c1-27-12-14(11-25-27)19-20-18(8-9-24-19)22(30)28(16-6-7-17(29)10-16)21(26-20)13-2-4-15(23)5-3-13/h2-5,8-9,11-12,16-17,29H,6-7,10H2,1H3/t16-,17+/m0/s1. The number of nitrogens with zero attached hydrogens (tertiary/aromatic N) is 5. The van der Waals surface area contributed by atoms with Crippen LogP contribution < -0.4 is 5.56 Å². The second kappa shape index (κ2) is 7.34. The molecule has 1 aliphatic carbocycles. The van der Waals surface area contributed by atoms with Crippen LogP contribution in [0.15, 0.2) is 53.7 Å². The summed E-state index contributed by atoms with van der Waals surface area (Å²) < 4.78 is 3.42. The van der Waals surface area contributed by atoms with Crippen LogP contribution in [0.4, 0.5) is 0 Å². The molecule has 4 aromatic rings. The van der Waals surface area contributed by atoms with Gasteiger partial charge < -0.3 is 5.11 Å². The first-order valence-corrected chi connectivity index (χ1v) is 10.2. The zero-order chi connectivity index (χ0) is 20.8. The number of halogens is 1. The number of aliphatic hydroxyl groups excluding tert-OH is 1. The van der Waals surface area contributed by atoms with E-state index in [1.165, 1.54) is 0 Å². The lowest BCUT2D eigenvalue weighted by atomic mass is 10.1. The van der Waals surface area contributed by atoms with Crippen molar-refractivity contribution in [2.75, 3.05) is 0 Å². The smallest absolute Gasteiger partial charge is 0.262 e. The Morgan fingerprint density at radius 2 is 1.93 bits per heavy atom. The summed E-state index contributed by atoms with van der Waals surface area (Å²) in [5.41, 5.74) is 2.62. The lowest BCUT2D eigenvalue weighted by Gasteiger charge is -2.20. The highest BCUT2D eigenvalue weighted by Gasteiger charge is 2.29. The summed E-state index contributed by atoms with van der Waals surface area (Å²) in [6.45, 7) is 0. The van der Waals surface area contributed by atoms with E-state index < -0.39 is 6.10 Å². The van der Waals surface area contributed by atoms with Crippen molar-refractivity contribution < 1.29 is 5.11 Å². The van der Waals surface area contributed by atoms with Crippen molar-refractivity contribution in [3.8, 4) is 22.6 Å². The average Bonchev–Trinajstić information content (AvgIpc) is 3.36. The molecule has 152 valence electrons. The Labute approximate surface area is 177 Å². The van der Waals surface area contributed by atoms with E-state index >= 15 is 0 Å². The van der Waals surface area contributed by atoms with Crippen LogP contribution in [0.5, 0.6) is 0 Å². The van der Waals surface area contributed by atoms with Crippen LogP contribution in [0, 0.1) is 0 Å². The van der Waals surface area contributed by atoms with E-state index in [1.807, 2.05) is 25.4 Å². The van der Waals surface area contributed by atoms with E-state index in [0.29, 0.717) is 40.3 Å². The van der Waals surface area contributed by atoms with Gasteiger partial charge in [-0.25, -0.2) is 4.98 Å². The summed E-state index contributed by atoms with van der Waals surface area (Å²) >= 11 is 6.08. The number of rotatable bonds is 3. The van der Waals surface area contributed by atoms with Crippen LogP contribution in [0.25, 0.3) is 33.5 Å². The fourth-order valence-corrected chi connectivity index (χ4v) is 4.32. The Morgan fingerprint density at radius 1 is 1.13 bits per heavy atom. The number of aryl methyl sites for hydroxylation is 1. The predicted octanol–water partition coefficient (Wildman–Crippen LogP) is 3.60. The van der Waals surface area contributed by atoms with Gasteiger partial charge >= 0.3 is 0 Å². The largest absolute Gasteiger partial charge is 0.393 e. The molecule has 30 heavy (non-hydrogen) atoms. The van der Waals surface area contributed by atoms with E-state index in [1.54, 1.807) is 39.8 Å². The van der Waals surface area contributed by atoms with Gasteiger partial charge in [0.1, 0.15) is 11.3 Å². The summed E-state index contributed by atoms with van der Waals surface area (Å²) in [4.78, 5) is 23.1. The van der Waals surface area contributed by atoms with E-state index in [0.717, 1.165) is 17.5 Å². The molecule has 1 aromatic carbocycles. The van der Waals surface area contributed by atoms with Gasteiger partial charge in [-0.1, -0.05) is 11.6 Å². The number of aliphatic hydroxyl groups is 1. The molecule has 1 saturated carbocycles. The molecule has 0 spiro atoms. The van der Waals surface area contributed by atoms with Crippen LogP contribution in [-0.4, -0.2) is 35.5 Å². The minimum Gasteiger partial charge on any atom is -0.393 e. The van der Waals surface area contributed by atoms with Gasteiger partial charge in [0.15, 0.2) is 0 Å². The van der Waals surface area contributed by atoms with E-state index in [2.05, 4.69) is 10.1 Å². The number of pyridine rings is 1. The quantitative estimate of drug-likeness (QED) is 0.546. The van der Waals surface area contributed by atoms with Crippen LogP contribution in [0.2, 0.25) is 5.02 Å². The van der Waals surface area contributed by atoms with Crippen molar-refractivity contribution >= 4 is 22.5 Å². The van der Waals surface area contributed by atoms with Gasteiger partial charge in [-0.2, -0.15) is 5.10 Å². The summed E-state index contributed by atoms with van der Waals surface area (Å²) in [5, 5.41) is 15.4. The molecule has 1 N–H and O–H groups in total. The third kappa shape index (κ3) is 3.20. The van der Waals surface area contributed by atoms with Crippen molar-refractivity contribution in [1.29, 1.82) is 0 Å². The number of hydrogen-bond donors (Lipinski definition) is 1. The first kappa shape index (κ1) is 19.0. The molecule has 0 radical (unpaired) electrons. The maximum Gasteiger partial charge on any atom is 0.262 e. The Bertz CT molecular complexity index is 1300. The zero-order valence-electron chi connectivity index (χ0n) is 16.4. The predicted molar refractivity (Wildman–Crippen MR) is 115 cm³/mol. The third-order valence-corrected chi connectivity index (χ3v) is 5.89. The third-order valence-electron chi connectivity index (χ3n) is 5.64. The number of hydrogen-bond acceptors (Lipinski definition) is 5.